The van der Waals surface area contributed by atoms with Crippen molar-refractivity contribution in [3.63, 3.8) is 0 Å². The summed E-state index contributed by atoms with van der Waals surface area (Å²) < 4.78 is 0. The van der Waals surface area contributed by atoms with Gasteiger partial charge in [0.15, 0.2) is 0 Å². The summed E-state index contributed by atoms with van der Waals surface area (Å²) in [4.78, 5) is 0. The lowest BCUT2D eigenvalue weighted by atomic mass is 9.82. The maximum atomic E-state index is 3.51. The Morgan fingerprint density at radius 2 is 2.00 bits per heavy atom. The first-order chi connectivity index (χ1) is 8.16. The summed E-state index contributed by atoms with van der Waals surface area (Å²) in [5.41, 5.74) is 2.90. The van der Waals surface area contributed by atoms with Gasteiger partial charge in [0, 0.05) is 12.2 Å². The molecule has 1 aromatic carbocycles. The summed E-state index contributed by atoms with van der Waals surface area (Å²) in [5.74, 6) is 2.43. The van der Waals surface area contributed by atoms with Crippen LogP contribution in [0.2, 0.25) is 0 Å². The van der Waals surface area contributed by atoms with Crippen LogP contribution in [0.5, 0.6) is 0 Å². The van der Waals surface area contributed by atoms with Crippen molar-refractivity contribution in [2.45, 2.75) is 46.0 Å². The fraction of sp³-hybridized carbons (Fsp3) is 0.625. The predicted molar refractivity (Wildman–Crippen MR) is 75.5 cm³/mol. The van der Waals surface area contributed by atoms with Gasteiger partial charge in [-0.2, -0.15) is 0 Å². The first-order valence-corrected chi connectivity index (χ1v) is 6.99. The van der Waals surface area contributed by atoms with Crippen molar-refractivity contribution in [1.82, 2.24) is 0 Å². The van der Waals surface area contributed by atoms with Crippen LogP contribution in [0.1, 0.15) is 51.5 Å². The second-order valence-electron chi connectivity index (χ2n) is 5.97. The molecule has 0 saturated heterocycles. The quantitative estimate of drug-likeness (QED) is 0.794. The largest absolute Gasteiger partial charge is 0.385 e. The van der Waals surface area contributed by atoms with Crippen LogP contribution in [-0.4, -0.2) is 6.54 Å². The number of hydrogen-bond donors (Lipinski definition) is 1. The standard InChI is InChI=1S/C16H25N/c1-12(2)10-13(3)11-14-8-9-17-16-7-5-4-6-15(14)16/h4-7,12-14,17H,8-11H2,1-3H3. The number of hydrogen-bond acceptors (Lipinski definition) is 1. The van der Waals surface area contributed by atoms with Gasteiger partial charge >= 0.3 is 0 Å². The molecule has 94 valence electrons. The van der Waals surface area contributed by atoms with Crippen molar-refractivity contribution in [3.05, 3.63) is 29.8 Å². The average molecular weight is 231 g/mol. The van der Waals surface area contributed by atoms with Crippen LogP contribution < -0.4 is 5.32 Å². The second kappa shape index (κ2) is 5.57. The van der Waals surface area contributed by atoms with Crippen LogP contribution in [0.15, 0.2) is 24.3 Å². The summed E-state index contributed by atoms with van der Waals surface area (Å²) >= 11 is 0. The molecule has 17 heavy (non-hydrogen) atoms. The molecular weight excluding hydrogens is 206 g/mol. The zero-order valence-electron chi connectivity index (χ0n) is 11.4. The summed E-state index contributed by atoms with van der Waals surface area (Å²) in [5, 5.41) is 3.51. The molecule has 0 aliphatic carbocycles. The van der Waals surface area contributed by atoms with Crippen LogP contribution >= 0.6 is 0 Å². The van der Waals surface area contributed by atoms with Gasteiger partial charge in [0.1, 0.15) is 0 Å². The molecule has 0 radical (unpaired) electrons. The lowest BCUT2D eigenvalue weighted by Gasteiger charge is -2.29. The zero-order chi connectivity index (χ0) is 12.3. The topological polar surface area (TPSA) is 12.0 Å². The minimum absolute atomic E-state index is 0.765. The number of fused-ring (bicyclic) bond motifs is 1. The zero-order valence-corrected chi connectivity index (χ0v) is 11.4. The van der Waals surface area contributed by atoms with Gasteiger partial charge in [-0.15, -0.1) is 0 Å². The highest BCUT2D eigenvalue weighted by Crippen LogP contribution is 2.36. The third kappa shape index (κ3) is 3.24. The van der Waals surface area contributed by atoms with E-state index in [1.54, 1.807) is 0 Å². The molecule has 2 rings (SSSR count). The van der Waals surface area contributed by atoms with E-state index in [1.165, 1.54) is 30.5 Å². The molecule has 0 aromatic heterocycles. The molecule has 2 atom stereocenters. The van der Waals surface area contributed by atoms with Crippen molar-refractivity contribution in [1.29, 1.82) is 0 Å². The van der Waals surface area contributed by atoms with Crippen LogP contribution in [0.25, 0.3) is 0 Å². The van der Waals surface area contributed by atoms with Crippen LogP contribution in [0.4, 0.5) is 5.69 Å². The molecule has 1 N–H and O–H groups in total. The van der Waals surface area contributed by atoms with Crippen molar-refractivity contribution in [3.8, 4) is 0 Å². The molecule has 1 aromatic rings. The highest BCUT2D eigenvalue weighted by atomic mass is 14.9. The van der Waals surface area contributed by atoms with Crippen molar-refractivity contribution >= 4 is 5.69 Å². The molecule has 1 heterocycles. The summed E-state index contributed by atoms with van der Waals surface area (Å²) in [6.45, 7) is 8.19. The molecule has 0 amide bonds. The van der Waals surface area contributed by atoms with Gasteiger partial charge in [-0.05, 0) is 48.6 Å². The minimum atomic E-state index is 0.765. The second-order valence-corrected chi connectivity index (χ2v) is 5.97. The Morgan fingerprint density at radius 1 is 1.24 bits per heavy atom. The van der Waals surface area contributed by atoms with E-state index in [4.69, 9.17) is 0 Å². The third-order valence-corrected chi connectivity index (χ3v) is 3.77. The van der Waals surface area contributed by atoms with Crippen molar-refractivity contribution < 1.29 is 0 Å². The molecule has 0 saturated carbocycles. The first-order valence-electron chi connectivity index (χ1n) is 6.99. The Labute approximate surface area is 106 Å². The maximum absolute atomic E-state index is 3.51. The highest BCUT2D eigenvalue weighted by Gasteiger charge is 2.21. The van der Waals surface area contributed by atoms with Crippen molar-refractivity contribution in [2.75, 3.05) is 11.9 Å². The number of rotatable bonds is 4. The normalized spacial score (nSPS) is 20.8. The monoisotopic (exact) mass is 231 g/mol. The van der Waals surface area contributed by atoms with Gasteiger partial charge in [0.05, 0.1) is 0 Å². The Morgan fingerprint density at radius 3 is 2.76 bits per heavy atom. The van der Waals surface area contributed by atoms with E-state index in [0.717, 1.165) is 24.3 Å². The van der Waals surface area contributed by atoms with Crippen LogP contribution in [0.3, 0.4) is 0 Å². The molecular formula is C16H25N. The van der Waals surface area contributed by atoms with E-state index in [2.05, 4.69) is 50.4 Å². The van der Waals surface area contributed by atoms with Gasteiger partial charge in [0.25, 0.3) is 0 Å². The Balaban J connectivity index is 2.03. The Bertz CT molecular complexity index is 356. The van der Waals surface area contributed by atoms with Crippen LogP contribution in [0, 0.1) is 11.8 Å². The summed E-state index contributed by atoms with van der Waals surface area (Å²) in [6, 6.07) is 8.82. The van der Waals surface area contributed by atoms with Gasteiger partial charge in [-0.3, -0.25) is 0 Å². The van der Waals surface area contributed by atoms with E-state index < -0.39 is 0 Å². The molecule has 0 fully saturated rings. The number of para-hydroxylation sites is 1. The van der Waals surface area contributed by atoms with Gasteiger partial charge in [0.2, 0.25) is 0 Å². The average Bonchev–Trinajstić information content (AvgIpc) is 2.28. The molecule has 1 heteroatoms. The number of anilines is 1. The van der Waals surface area contributed by atoms with Gasteiger partial charge in [-0.25, -0.2) is 0 Å². The lowest BCUT2D eigenvalue weighted by molar-refractivity contribution is 0.376. The fourth-order valence-corrected chi connectivity index (χ4v) is 3.18. The van der Waals surface area contributed by atoms with Crippen LogP contribution in [-0.2, 0) is 0 Å². The first kappa shape index (κ1) is 12.5. The predicted octanol–water partition coefficient (Wildman–Crippen LogP) is 4.66. The maximum Gasteiger partial charge on any atom is 0.0375 e. The highest BCUT2D eigenvalue weighted by molar-refractivity contribution is 5.54. The molecule has 1 nitrogen and oxygen atoms in total. The number of benzene rings is 1. The molecule has 1 aliphatic rings. The summed E-state index contributed by atoms with van der Waals surface area (Å²) in [6.07, 6.45) is 3.99. The molecule has 0 bridgehead atoms. The molecule has 1 aliphatic heterocycles. The summed E-state index contributed by atoms with van der Waals surface area (Å²) in [7, 11) is 0. The van der Waals surface area contributed by atoms with Gasteiger partial charge < -0.3 is 5.32 Å². The minimum Gasteiger partial charge on any atom is -0.385 e. The van der Waals surface area contributed by atoms with Crippen molar-refractivity contribution in [2.24, 2.45) is 11.8 Å². The Kier molecular flexibility index (Phi) is 4.09. The van der Waals surface area contributed by atoms with E-state index in [0.29, 0.717) is 0 Å². The SMILES string of the molecule is CC(C)CC(C)CC1CCNc2ccccc21. The fourth-order valence-electron chi connectivity index (χ4n) is 3.18. The number of nitrogens with one attached hydrogen (secondary N) is 1. The van der Waals surface area contributed by atoms with E-state index >= 15 is 0 Å². The molecule has 0 spiro atoms. The van der Waals surface area contributed by atoms with Gasteiger partial charge in [-0.1, -0.05) is 39.0 Å². The molecule has 2 unspecified atom stereocenters. The smallest absolute Gasteiger partial charge is 0.0375 e. The van der Waals surface area contributed by atoms with E-state index in [-0.39, 0.29) is 0 Å². The third-order valence-electron chi connectivity index (χ3n) is 3.77. The van der Waals surface area contributed by atoms with E-state index in [1.807, 2.05) is 0 Å². The van der Waals surface area contributed by atoms with E-state index in [9.17, 15) is 0 Å². The lowest BCUT2D eigenvalue weighted by Crippen LogP contribution is -2.18. The Hall–Kier alpha value is -0.980.